The number of benzene rings is 1. The molecule has 1 fully saturated rings. The molecule has 3 rings (SSSR count). The van der Waals surface area contributed by atoms with Gasteiger partial charge in [-0.2, -0.15) is 0 Å². The summed E-state index contributed by atoms with van der Waals surface area (Å²) in [5, 5.41) is 10.6. The number of aromatic nitrogens is 1. The lowest BCUT2D eigenvalue weighted by atomic mass is 10.1. The summed E-state index contributed by atoms with van der Waals surface area (Å²) >= 11 is 0. The Morgan fingerprint density at radius 3 is 3.05 bits per heavy atom. The summed E-state index contributed by atoms with van der Waals surface area (Å²) in [6.07, 6.45) is 2.53. The minimum absolute atomic E-state index is 0.0284. The van der Waals surface area contributed by atoms with E-state index in [1.807, 2.05) is 24.3 Å². The Morgan fingerprint density at radius 2 is 2.25 bits per heavy atom. The van der Waals surface area contributed by atoms with E-state index < -0.39 is 0 Å². The fourth-order valence-corrected chi connectivity index (χ4v) is 2.90. The topological polar surface area (TPSA) is 45.6 Å². The fourth-order valence-electron chi connectivity index (χ4n) is 2.90. The number of aliphatic hydroxyl groups excluding tert-OH is 1. The van der Waals surface area contributed by atoms with E-state index in [1.165, 1.54) is 0 Å². The Balaban J connectivity index is 2.04. The highest BCUT2D eigenvalue weighted by Crippen LogP contribution is 2.29. The number of para-hydroxylation sites is 1. The summed E-state index contributed by atoms with van der Waals surface area (Å²) < 4.78 is 5.50. The van der Waals surface area contributed by atoms with Crippen LogP contribution >= 0.6 is 0 Å². The summed E-state index contributed by atoms with van der Waals surface area (Å²) in [7, 11) is 1.78. The van der Waals surface area contributed by atoms with E-state index in [9.17, 15) is 5.11 Å². The van der Waals surface area contributed by atoms with Gasteiger partial charge in [0.25, 0.3) is 0 Å². The molecule has 1 aliphatic heterocycles. The maximum Gasteiger partial charge on any atom is 0.0854 e. The standard InChI is InChI=1S/C16H20N2O2/c1-20-13-5-4-8-18(10-13)16-9-12(11-19)17-15-7-3-2-6-14(15)16/h2-3,6-7,9,13,19H,4-5,8,10-11H2,1H3. The molecule has 20 heavy (non-hydrogen) atoms. The number of hydrogen-bond donors (Lipinski definition) is 1. The molecule has 4 nitrogen and oxygen atoms in total. The number of fused-ring (bicyclic) bond motifs is 1. The molecular formula is C16H20N2O2. The minimum Gasteiger partial charge on any atom is -0.390 e. The van der Waals surface area contributed by atoms with Crippen LogP contribution in [0.2, 0.25) is 0 Å². The van der Waals surface area contributed by atoms with Gasteiger partial charge in [0.05, 0.1) is 23.9 Å². The number of methoxy groups -OCH3 is 1. The quantitative estimate of drug-likeness (QED) is 0.931. The molecule has 106 valence electrons. The Kier molecular flexibility index (Phi) is 3.85. The number of piperidine rings is 1. The molecule has 4 heteroatoms. The van der Waals surface area contributed by atoms with Gasteiger partial charge in [0.1, 0.15) is 0 Å². The van der Waals surface area contributed by atoms with Crippen LogP contribution in [-0.2, 0) is 11.3 Å². The number of hydrogen-bond acceptors (Lipinski definition) is 4. The first kappa shape index (κ1) is 13.3. The molecule has 0 saturated carbocycles. The molecule has 1 aromatic heterocycles. The van der Waals surface area contributed by atoms with Crippen molar-refractivity contribution in [3.63, 3.8) is 0 Å². The predicted octanol–water partition coefficient (Wildman–Crippen LogP) is 2.34. The van der Waals surface area contributed by atoms with Crippen molar-refractivity contribution in [3.8, 4) is 0 Å². The molecule has 1 N–H and O–H groups in total. The van der Waals surface area contributed by atoms with Crippen LogP contribution < -0.4 is 4.90 Å². The first-order valence-corrected chi connectivity index (χ1v) is 7.09. The van der Waals surface area contributed by atoms with Crippen molar-refractivity contribution < 1.29 is 9.84 Å². The number of nitrogens with zero attached hydrogens (tertiary/aromatic N) is 2. The van der Waals surface area contributed by atoms with E-state index in [2.05, 4.69) is 16.0 Å². The molecule has 1 unspecified atom stereocenters. The molecule has 2 heterocycles. The number of aliphatic hydroxyl groups is 1. The highest BCUT2D eigenvalue weighted by atomic mass is 16.5. The van der Waals surface area contributed by atoms with Crippen molar-refractivity contribution >= 4 is 16.6 Å². The molecule has 1 aromatic carbocycles. The molecule has 0 amide bonds. The molecule has 1 aliphatic rings. The van der Waals surface area contributed by atoms with Crippen molar-refractivity contribution in [2.24, 2.45) is 0 Å². The molecule has 0 bridgehead atoms. The Hall–Kier alpha value is -1.65. The number of ether oxygens (including phenoxy) is 1. The molecule has 1 saturated heterocycles. The first-order valence-electron chi connectivity index (χ1n) is 7.09. The summed E-state index contributed by atoms with van der Waals surface area (Å²) in [6.45, 7) is 1.90. The van der Waals surface area contributed by atoms with Crippen LogP contribution in [0.5, 0.6) is 0 Å². The zero-order chi connectivity index (χ0) is 13.9. The summed E-state index contributed by atoms with van der Waals surface area (Å²) in [5.41, 5.74) is 2.81. The summed E-state index contributed by atoms with van der Waals surface area (Å²) in [4.78, 5) is 6.83. The van der Waals surface area contributed by atoms with E-state index in [-0.39, 0.29) is 12.7 Å². The molecule has 1 atom stereocenters. The van der Waals surface area contributed by atoms with Gasteiger partial charge >= 0.3 is 0 Å². The van der Waals surface area contributed by atoms with Crippen molar-refractivity contribution in [2.75, 3.05) is 25.1 Å². The van der Waals surface area contributed by atoms with E-state index in [4.69, 9.17) is 4.74 Å². The fraction of sp³-hybridized carbons (Fsp3) is 0.438. The zero-order valence-corrected chi connectivity index (χ0v) is 11.7. The third kappa shape index (κ3) is 2.49. The second-order valence-electron chi connectivity index (χ2n) is 5.25. The predicted molar refractivity (Wildman–Crippen MR) is 79.9 cm³/mol. The lowest BCUT2D eigenvalue weighted by Crippen LogP contribution is -2.39. The second-order valence-corrected chi connectivity index (χ2v) is 5.25. The van der Waals surface area contributed by atoms with Gasteiger partial charge in [0.15, 0.2) is 0 Å². The smallest absolute Gasteiger partial charge is 0.0854 e. The first-order chi connectivity index (χ1) is 9.81. The Morgan fingerprint density at radius 1 is 1.40 bits per heavy atom. The van der Waals surface area contributed by atoms with Gasteiger partial charge < -0.3 is 14.7 Å². The van der Waals surface area contributed by atoms with Crippen molar-refractivity contribution in [1.29, 1.82) is 0 Å². The van der Waals surface area contributed by atoms with Gasteiger partial charge in [-0.05, 0) is 25.0 Å². The Labute approximate surface area is 119 Å². The van der Waals surface area contributed by atoms with E-state index in [0.717, 1.165) is 48.2 Å². The maximum atomic E-state index is 9.41. The normalized spacial score (nSPS) is 19.5. The second kappa shape index (κ2) is 5.77. The third-order valence-electron chi connectivity index (χ3n) is 3.96. The monoisotopic (exact) mass is 272 g/mol. The average molecular weight is 272 g/mol. The Bertz CT molecular complexity index is 600. The molecule has 0 spiro atoms. The highest BCUT2D eigenvalue weighted by molar-refractivity contribution is 5.92. The summed E-state index contributed by atoms with van der Waals surface area (Å²) in [5.74, 6) is 0. The SMILES string of the molecule is COC1CCCN(c2cc(CO)nc3ccccc23)C1. The van der Waals surface area contributed by atoms with Gasteiger partial charge in [-0.1, -0.05) is 18.2 Å². The van der Waals surface area contributed by atoms with Crippen LogP contribution in [0, 0.1) is 0 Å². The van der Waals surface area contributed by atoms with Gasteiger partial charge in [0.2, 0.25) is 0 Å². The molecule has 0 radical (unpaired) electrons. The average Bonchev–Trinajstić information content (AvgIpc) is 2.53. The van der Waals surface area contributed by atoms with Gasteiger partial charge in [-0.3, -0.25) is 4.98 Å². The van der Waals surface area contributed by atoms with E-state index in [0.29, 0.717) is 0 Å². The van der Waals surface area contributed by atoms with Gasteiger partial charge in [-0.25, -0.2) is 0 Å². The van der Waals surface area contributed by atoms with Crippen LogP contribution in [-0.4, -0.2) is 36.4 Å². The van der Waals surface area contributed by atoms with E-state index in [1.54, 1.807) is 7.11 Å². The maximum absolute atomic E-state index is 9.41. The number of pyridine rings is 1. The molecule has 2 aromatic rings. The number of anilines is 1. The van der Waals surface area contributed by atoms with Crippen molar-refractivity contribution in [3.05, 3.63) is 36.0 Å². The largest absolute Gasteiger partial charge is 0.390 e. The van der Waals surface area contributed by atoms with Gasteiger partial charge in [-0.15, -0.1) is 0 Å². The molecular weight excluding hydrogens is 252 g/mol. The van der Waals surface area contributed by atoms with Crippen LogP contribution in [0.1, 0.15) is 18.5 Å². The zero-order valence-electron chi connectivity index (χ0n) is 11.7. The third-order valence-corrected chi connectivity index (χ3v) is 3.96. The molecule has 0 aliphatic carbocycles. The van der Waals surface area contributed by atoms with Crippen molar-refractivity contribution in [1.82, 2.24) is 4.98 Å². The lowest BCUT2D eigenvalue weighted by Gasteiger charge is -2.34. The lowest BCUT2D eigenvalue weighted by molar-refractivity contribution is 0.0894. The van der Waals surface area contributed by atoms with Gasteiger partial charge in [0, 0.05) is 31.3 Å². The number of rotatable bonds is 3. The van der Waals surface area contributed by atoms with E-state index >= 15 is 0 Å². The van der Waals surface area contributed by atoms with Crippen molar-refractivity contribution in [2.45, 2.75) is 25.6 Å². The highest BCUT2D eigenvalue weighted by Gasteiger charge is 2.21. The van der Waals surface area contributed by atoms with Crippen LogP contribution in [0.15, 0.2) is 30.3 Å². The minimum atomic E-state index is -0.0284. The summed E-state index contributed by atoms with van der Waals surface area (Å²) in [6, 6.07) is 10.1. The van der Waals surface area contributed by atoms with Crippen LogP contribution in [0.4, 0.5) is 5.69 Å². The van der Waals surface area contributed by atoms with Crippen LogP contribution in [0.25, 0.3) is 10.9 Å². The van der Waals surface area contributed by atoms with Crippen LogP contribution in [0.3, 0.4) is 0 Å².